The Balaban J connectivity index is 2.01. The van der Waals surface area contributed by atoms with Gasteiger partial charge in [0.2, 0.25) is 0 Å². The molecule has 0 fully saturated rings. The van der Waals surface area contributed by atoms with E-state index in [0.29, 0.717) is 16.8 Å². The number of non-ortho nitro benzene ring substituents is 1. The summed E-state index contributed by atoms with van der Waals surface area (Å²) in [6.07, 6.45) is 1.31. The molecule has 134 valence electrons. The molecule has 0 spiro atoms. The molecule has 6 heteroatoms. The molecule has 0 heterocycles. The van der Waals surface area contributed by atoms with Gasteiger partial charge in [0.05, 0.1) is 10.6 Å². The maximum atomic E-state index is 12.8. The summed E-state index contributed by atoms with van der Waals surface area (Å²) < 4.78 is 0. The Labute approximate surface area is 155 Å². The number of hydrogen-bond acceptors (Lipinski definition) is 5. The number of aromatic hydroxyl groups is 1. The highest BCUT2D eigenvalue weighted by Crippen LogP contribution is 2.26. The molecular weight excluding hydrogens is 344 g/mol. The average Bonchev–Trinajstić information content (AvgIpc) is 2.68. The summed E-state index contributed by atoms with van der Waals surface area (Å²) in [4.78, 5) is 27.5. The van der Waals surface area contributed by atoms with E-state index >= 15 is 0 Å². The molecule has 6 nitrogen and oxygen atoms in total. The lowest BCUT2D eigenvalue weighted by atomic mass is 10.00. The number of aliphatic imine (C=N–C) groups is 1. The van der Waals surface area contributed by atoms with Gasteiger partial charge >= 0.3 is 0 Å². The molecule has 0 aliphatic rings. The predicted molar refractivity (Wildman–Crippen MR) is 103 cm³/mol. The molecule has 3 rings (SSSR count). The predicted octanol–water partition coefficient (Wildman–Crippen LogP) is 4.59. The first-order valence-electron chi connectivity index (χ1n) is 8.17. The third-order valence-electron chi connectivity index (χ3n) is 4.00. The van der Waals surface area contributed by atoms with Crippen LogP contribution < -0.4 is 0 Å². The SMILES string of the molecule is Cc1ccc(N=Cc2cc([N+](=O)[O-])ccc2O)c(C(=O)c2ccccc2)c1. The van der Waals surface area contributed by atoms with E-state index < -0.39 is 4.92 Å². The summed E-state index contributed by atoms with van der Waals surface area (Å²) in [6.45, 7) is 1.88. The largest absolute Gasteiger partial charge is 0.507 e. The van der Waals surface area contributed by atoms with Gasteiger partial charge < -0.3 is 5.11 Å². The van der Waals surface area contributed by atoms with Crippen molar-refractivity contribution in [2.75, 3.05) is 0 Å². The number of hydrogen-bond donors (Lipinski definition) is 1. The maximum absolute atomic E-state index is 12.8. The van der Waals surface area contributed by atoms with Crippen molar-refractivity contribution in [2.45, 2.75) is 6.92 Å². The minimum absolute atomic E-state index is 0.132. The Bertz CT molecular complexity index is 1040. The second-order valence-corrected chi connectivity index (χ2v) is 5.97. The molecule has 0 atom stereocenters. The standard InChI is InChI=1S/C21H16N2O4/c1-14-7-9-19(18(11-14)21(25)15-5-3-2-4-6-15)22-13-16-12-17(23(26)27)8-10-20(16)24/h2-13,24H,1H3. The lowest BCUT2D eigenvalue weighted by Crippen LogP contribution is -2.02. The summed E-state index contributed by atoms with van der Waals surface area (Å²) in [5.74, 6) is -0.304. The summed E-state index contributed by atoms with van der Waals surface area (Å²) in [6, 6.07) is 17.8. The quantitative estimate of drug-likeness (QED) is 0.312. The van der Waals surface area contributed by atoms with Crippen LogP contribution in [0.1, 0.15) is 27.0 Å². The van der Waals surface area contributed by atoms with E-state index in [1.807, 2.05) is 19.1 Å². The van der Waals surface area contributed by atoms with Crippen molar-refractivity contribution in [3.63, 3.8) is 0 Å². The zero-order chi connectivity index (χ0) is 19.4. The molecule has 0 saturated carbocycles. The van der Waals surface area contributed by atoms with Gasteiger partial charge in [-0.25, -0.2) is 0 Å². The molecule has 0 radical (unpaired) electrons. The number of nitrogens with zero attached hydrogens (tertiary/aromatic N) is 2. The summed E-state index contributed by atoms with van der Waals surface area (Å²) >= 11 is 0. The van der Waals surface area contributed by atoms with Crippen molar-refractivity contribution in [3.8, 4) is 5.75 Å². The normalized spacial score (nSPS) is 10.9. The Morgan fingerprint density at radius 3 is 2.52 bits per heavy atom. The van der Waals surface area contributed by atoms with E-state index in [2.05, 4.69) is 4.99 Å². The summed E-state index contributed by atoms with van der Waals surface area (Å²) in [5.41, 5.74) is 2.33. The molecule has 0 aliphatic carbocycles. The van der Waals surface area contributed by atoms with Crippen molar-refractivity contribution in [2.24, 2.45) is 4.99 Å². The van der Waals surface area contributed by atoms with E-state index in [1.165, 1.54) is 24.4 Å². The summed E-state index contributed by atoms with van der Waals surface area (Å²) in [5, 5.41) is 20.8. The minimum Gasteiger partial charge on any atom is -0.507 e. The van der Waals surface area contributed by atoms with Crippen LogP contribution in [0.25, 0.3) is 0 Å². The zero-order valence-corrected chi connectivity index (χ0v) is 14.5. The average molecular weight is 360 g/mol. The molecule has 27 heavy (non-hydrogen) atoms. The number of benzene rings is 3. The monoisotopic (exact) mass is 360 g/mol. The molecular formula is C21H16N2O4. The molecule has 3 aromatic carbocycles. The fourth-order valence-electron chi connectivity index (χ4n) is 2.59. The highest BCUT2D eigenvalue weighted by Gasteiger charge is 2.14. The topological polar surface area (TPSA) is 92.8 Å². The van der Waals surface area contributed by atoms with Crippen LogP contribution in [0.2, 0.25) is 0 Å². The van der Waals surface area contributed by atoms with Gasteiger partial charge in [0.1, 0.15) is 5.75 Å². The Morgan fingerprint density at radius 2 is 1.81 bits per heavy atom. The number of carbonyl (C=O) groups is 1. The lowest BCUT2D eigenvalue weighted by molar-refractivity contribution is -0.384. The van der Waals surface area contributed by atoms with Crippen LogP contribution >= 0.6 is 0 Å². The van der Waals surface area contributed by atoms with Gasteiger partial charge in [0.25, 0.3) is 5.69 Å². The smallest absolute Gasteiger partial charge is 0.270 e. The van der Waals surface area contributed by atoms with Crippen molar-refractivity contribution in [1.82, 2.24) is 0 Å². The number of rotatable bonds is 5. The third-order valence-corrected chi connectivity index (χ3v) is 4.00. The molecule has 0 bridgehead atoms. The number of phenolic OH excluding ortho intramolecular Hbond substituents is 1. The van der Waals surface area contributed by atoms with E-state index in [-0.39, 0.29) is 22.8 Å². The van der Waals surface area contributed by atoms with Gasteiger partial charge in [-0.1, -0.05) is 42.0 Å². The second kappa shape index (κ2) is 7.61. The van der Waals surface area contributed by atoms with Crippen LogP contribution in [0, 0.1) is 17.0 Å². The number of nitro benzene ring substituents is 1. The number of phenols is 1. The first-order valence-corrected chi connectivity index (χ1v) is 8.17. The van der Waals surface area contributed by atoms with Gasteiger partial charge in [-0.3, -0.25) is 19.9 Å². The van der Waals surface area contributed by atoms with Crippen LogP contribution in [-0.2, 0) is 0 Å². The van der Waals surface area contributed by atoms with Crippen molar-refractivity contribution < 1.29 is 14.8 Å². The molecule has 1 N–H and O–H groups in total. The first-order chi connectivity index (χ1) is 13.0. The van der Waals surface area contributed by atoms with Crippen LogP contribution in [0.15, 0.2) is 71.7 Å². The van der Waals surface area contributed by atoms with Gasteiger partial charge in [-0.15, -0.1) is 0 Å². The fourth-order valence-corrected chi connectivity index (χ4v) is 2.59. The van der Waals surface area contributed by atoms with Gasteiger partial charge in [0.15, 0.2) is 5.78 Å². The van der Waals surface area contributed by atoms with E-state index in [0.717, 1.165) is 5.56 Å². The molecule has 3 aromatic rings. The lowest BCUT2D eigenvalue weighted by Gasteiger charge is -2.07. The minimum atomic E-state index is -0.549. The van der Waals surface area contributed by atoms with Crippen molar-refractivity contribution in [1.29, 1.82) is 0 Å². The van der Waals surface area contributed by atoms with Crippen LogP contribution in [0.5, 0.6) is 5.75 Å². The maximum Gasteiger partial charge on any atom is 0.270 e. The van der Waals surface area contributed by atoms with Gasteiger partial charge in [-0.2, -0.15) is 0 Å². The Kier molecular flexibility index (Phi) is 5.08. The highest BCUT2D eigenvalue weighted by atomic mass is 16.6. The number of nitro groups is 1. The van der Waals surface area contributed by atoms with Crippen LogP contribution in [0.3, 0.4) is 0 Å². The fraction of sp³-hybridized carbons (Fsp3) is 0.0476. The van der Waals surface area contributed by atoms with E-state index in [4.69, 9.17) is 0 Å². The highest BCUT2D eigenvalue weighted by molar-refractivity contribution is 6.12. The van der Waals surface area contributed by atoms with Gasteiger partial charge in [0, 0.05) is 35.0 Å². The Hall–Kier alpha value is -3.80. The second-order valence-electron chi connectivity index (χ2n) is 5.97. The molecule has 0 unspecified atom stereocenters. The zero-order valence-electron chi connectivity index (χ0n) is 14.5. The third kappa shape index (κ3) is 4.07. The molecule has 0 aliphatic heterocycles. The number of carbonyl (C=O) groups excluding carboxylic acids is 1. The van der Waals surface area contributed by atoms with Crippen molar-refractivity contribution >= 4 is 23.4 Å². The van der Waals surface area contributed by atoms with E-state index in [9.17, 15) is 20.0 Å². The molecule has 0 amide bonds. The van der Waals surface area contributed by atoms with Gasteiger partial charge in [-0.05, 0) is 25.1 Å². The van der Waals surface area contributed by atoms with Crippen LogP contribution in [-0.4, -0.2) is 22.0 Å². The van der Waals surface area contributed by atoms with E-state index in [1.54, 1.807) is 36.4 Å². The summed E-state index contributed by atoms with van der Waals surface area (Å²) in [7, 11) is 0. The molecule has 0 aromatic heterocycles. The van der Waals surface area contributed by atoms with Crippen LogP contribution in [0.4, 0.5) is 11.4 Å². The Morgan fingerprint density at radius 1 is 1.07 bits per heavy atom. The number of ketones is 1. The first kappa shape index (κ1) is 18.0. The number of aryl methyl sites for hydroxylation is 1. The molecule has 0 saturated heterocycles. The van der Waals surface area contributed by atoms with Crippen molar-refractivity contribution in [3.05, 3.63) is 99.1 Å².